The number of hydrogen-bond donors (Lipinski definition) is 0. The molecule has 1 aliphatic heterocycles. The summed E-state index contributed by atoms with van der Waals surface area (Å²) >= 11 is 0. The van der Waals surface area contributed by atoms with Gasteiger partial charge in [-0.3, -0.25) is 4.90 Å². The van der Waals surface area contributed by atoms with Crippen molar-refractivity contribution < 1.29 is 9.53 Å². The summed E-state index contributed by atoms with van der Waals surface area (Å²) in [6.07, 6.45) is 11.0. The van der Waals surface area contributed by atoms with Gasteiger partial charge in [0, 0.05) is 6.04 Å². The highest BCUT2D eigenvalue weighted by Crippen LogP contribution is 2.28. The Morgan fingerprint density at radius 3 is 2.75 bits per heavy atom. The van der Waals surface area contributed by atoms with Crippen LogP contribution in [0.2, 0.25) is 0 Å². The number of carbonyl (C=O) groups excluding carboxylic acids is 1. The third-order valence-electron chi connectivity index (χ3n) is 4.87. The topological polar surface area (TPSA) is 29.5 Å². The van der Waals surface area contributed by atoms with Crippen LogP contribution in [0.1, 0.15) is 63.9 Å². The molecule has 3 nitrogen and oxygen atoms in total. The Kier molecular flexibility index (Phi) is 7.87. The number of ether oxygens (including phenoxy) is 1. The second kappa shape index (κ2) is 10.2. The molecule has 132 valence electrons. The van der Waals surface area contributed by atoms with E-state index in [1.807, 2.05) is 41.3 Å². The van der Waals surface area contributed by atoms with Crippen molar-refractivity contribution in [3.63, 3.8) is 0 Å². The van der Waals surface area contributed by atoms with Crippen LogP contribution in [-0.4, -0.2) is 23.1 Å². The number of hydrogen-bond acceptors (Lipinski definition) is 2. The van der Waals surface area contributed by atoms with Gasteiger partial charge >= 0.3 is 6.09 Å². The Bertz CT molecular complexity index is 500. The molecule has 3 heteroatoms. The highest BCUT2D eigenvalue weighted by atomic mass is 16.6. The van der Waals surface area contributed by atoms with Crippen molar-refractivity contribution in [1.29, 1.82) is 0 Å². The number of rotatable bonds is 8. The Morgan fingerprint density at radius 1 is 1.25 bits per heavy atom. The lowest BCUT2D eigenvalue weighted by atomic mass is 9.92. The van der Waals surface area contributed by atoms with Gasteiger partial charge in [-0.25, -0.2) is 4.79 Å². The number of likely N-dealkylation sites (tertiary alicyclic amines) is 1. The van der Waals surface area contributed by atoms with Crippen molar-refractivity contribution in [1.82, 2.24) is 4.90 Å². The fourth-order valence-electron chi connectivity index (χ4n) is 3.51. The van der Waals surface area contributed by atoms with Crippen LogP contribution in [0.15, 0.2) is 43.0 Å². The van der Waals surface area contributed by atoms with Crippen LogP contribution in [0.4, 0.5) is 4.79 Å². The summed E-state index contributed by atoms with van der Waals surface area (Å²) in [7, 11) is 0. The first-order chi connectivity index (χ1) is 11.8. The maximum Gasteiger partial charge on any atom is 0.410 e. The smallest absolute Gasteiger partial charge is 0.410 e. The lowest BCUT2D eigenvalue weighted by molar-refractivity contribution is 0.0499. The first-order valence-corrected chi connectivity index (χ1v) is 9.37. The van der Waals surface area contributed by atoms with E-state index in [4.69, 9.17) is 4.74 Å². The van der Waals surface area contributed by atoms with Crippen molar-refractivity contribution >= 4 is 6.09 Å². The fourth-order valence-corrected chi connectivity index (χ4v) is 3.51. The first-order valence-electron chi connectivity index (χ1n) is 9.37. The number of piperidine rings is 1. The molecule has 0 unspecified atom stereocenters. The number of carbonyl (C=O) groups is 1. The van der Waals surface area contributed by atoms with Crippen LogP contribution in [0.25, 0.3) is 0 Å². The van der Waals surface area contributed by atoms with Crippen molar-refractivity contribution in [3.05, 3.63) is 48.6 Å². The average Bonchev–Trinajstić information content (AvgIpc) is 2.63. The molecule has 0 radical (unpaired) electrons. The Morgan fingerprint density at radius 2 is 2.04 bits per heavy atom. The first kappa shape index (κ1) is 18.6. The van der Waals surface area contributed by atoms with Gasteiger partial charge in [0.05, 0.1) is 6.04 Å². The van der Waals surface area contributed by atoms with Gasteiger partial charge < -0.3 is 4.74 Å². The van der Waals surface area contributed by atoms with Gasteiger partial charge in [0.15, 0.2) is 0 Å². The molecule has 2 atom stereocenters. The molecule has 0 saturated carbocycles. The van der Waals surface area contributed by atoms with Crippen LogP contribution < -0.4 is 0 Å². The van der Waals surface area contributed by atoms with E-state index >= 15 is 0 Å². The summed E-state index contributed by atoms with van der Waals surface area (Å²) in [5, 5.41) is 0. The number of unbranched alkanes of at least 4 members (excludes halogenated alkanes) is 3. The molecule has 0 aliphatic carbocycles. The summed E-state index contributed by atoms with van der Waals surface area (Å²) in [4.78, 5) is 14.6. The largest absolute Gasteiger partial charge is 0.445 e. The van der Waals surface area contributed by atoms with Crippen LogP contribution in [0, 0.1) is 0 Å². The van der Waals surface area contributed by atoms with E-state index < -0.39 is 0 Å². The highest BCUT2D eigenvalue weighted by Gasteiger charge is 2.33. The molecular weight excluding hydrogens is 298 g/mol. The minimum atomic E-state index is -0.191. The van der Waals surface area contributed by atoms with Gasteiger partial charge in [-0.1, -0.05) is 69.0 Å². The number of nitrogens with zero attached hydrogens (tertiary/aromatic N) is 1. The van der Waals surface area contributed by atoms with Gasteiger partial charge in [-0.05, 0) is 31.2 Å². The van der Waals surface area contributed by atoms with Crippen molar-refractivity contribution in [2.45, 2.75) is 77.0 Å². The molecule has 2 rings (SSSR count). The Balaban J connectivity index is 1.94. The highest BCUT2D eigenvalue weighted by molar-refractivity contribution is 5.69. The summed E-state index contributed by atoms with van der Waals surface area (Å²) < 4.78 is 5.60. The van der Waals surface area contributed by atoms with Gasteiger partial charge in [0.1, 0.15) is 6.61 Å². The van der Waals surface area contributed by atoms with Gasteiger partial charge in [0.25, 0.3) is 0 Å². The van der Waals surface area contributed by atoms with Crippen LogP contribution in [0.5, 0.6) is 0 Å². The molecule has 0 spiro atoms. The monoisotopic (exact) mass is 329 g/mol. The van der Waals surface area contributed by atoms with Gasteiger partial charge in [-0.2, -0.15) is 0 Å². The summed E-state index contributed by atoms with van der Waals surface area (Å²) in [6.45, 7) is 6.49. The van der Waals surface area contributed by atoms with E-state index in [1.165, 1.54) is 25.7 Å². The zero-order valence-corrected chi connectivity index (χ0v) is 15.0. The molecule has 1 saturated heterocycles. The fraction of sp³-hybridized carbons (Fsp3) is 0.571. The molecule has 1 aromatic carbocycles. The van der Waals surface area contributed by atoms with E-state index in [-0.39, 0.29) is 12.1 Å². The van der Waals surface area contributed by atoms with E-state index in [9.17, 15) is 4.79 Å². The lowest BCUT2D eigenvalue weighted by Gasteiger charge is -2.40. The quantitative estimate of drug-likeness (QED) is 0.452. The Labute approximate surface area is 146 Å². The van der Waals surface area contributed by atoms with Crippen LogP contribution in [-0.2, 0) is 11.3 Å². The summed E-state index contributed by atoms with van der Waals surface area (Å²) in [6, 6.07) is 10.3. The van der Waals surface area contributed by atoms with Gasteiger partial charge in [0.2, 0.25) is 0 Å². The van der Waals surface area contributed by atoms with Crippen molar-refractivity contribution in [2.24, 2.45) is 0 Å². The molecule has 0 aromatic heterocycles. The molecule has 1 amide bonds. The standard InChI is InChI=1S/C21H31NO2/c1-3-5-6-10-14-20-16-11-15-19(4-2)22(20)21(23)24-17-18-12-8-7-9-13-18/h4,7-9,12-13,19-20H,2-3,5-6,10-11,14-17H2,1H3/t19-,20+/m0/s1. The maximum atomic E-state index is 12.7. The molecule has 0 bridgehead atoms. The third-order valence-corrected chi connectivity index (χ3v) is 4.87. The minimum absolute atomic E-state index is 0.109. The van der Waals surface area contributed by atoms with Crippen LogP contribution >= 0.6 is 0 Å². The van der Waals surface area contributed by atoms with Gasteiger partial charge in [-0.15, -0.1) is 6.58 Å². The van der Waals surface area contributed by atoms with Crippen molar-refractivity contribution in [2.75, 3.05) is 0 Å². The maximum absolute atomic E-state index is 12.7. The number of amides is 1. The number of benzene rings is 1. The zero-order chi connectivity index (χ0) is 17.2. The van der Waals surface area contributed by atoms with E-state index in [0.717, 1.165) is 31.2 Å². The van der Waals surface area contributed by atoms with E-state index in [2.05, 4.69) is 13.5 Å². The summed E-state index contributed by atoms with van der Waals surface area (Å²) in [5.74, 6) is 0. The van der Waals surface area contributed by atoms with Crippen molar-refractivity contribution in [3.8, 4) is 0 Å². The molecule has 1 aromatic rings. The molecule has 24 heavy (non-hydrogen) atoms. The molecule has 1 aliphatic rings. The molecular formula is C21H31NO2. The molecule has 1 fully saturated rings. The minimum Gasteiger partial charge on any atom is -0.445 e. The zero-order valence-electron chi connectivity index (χ0n) is 15.0. The predicted octanol–water partition coefficient (Wildman–Crippen LogP) is 5.70. The Hall–Kier alpha value is -1.77. The second-order valence-electron chi connectivity index (χ2n) is 6.68. The SMILES string of the molecule is C=C[C@H]1CCC[C@@H](CCCCCC)N1C(=O)OCc1ccccc1. The molecule has 0 N–H and O–H groups in total. The summed E-state index contributed by atoms with van der Waals surface area (Å²) in [5.41, 5.74) is 1.03. The molecule has 1 heterocycles. The van der Waals surface area contributed by atoms with Crippen LogP contribution in [0.3, 0.4) is 0 Å². The third kappa shape index (κ3) is 5.40. The van der Waals surface area contributed by atoms with E-state index in [1.54, 1.807) is 0 Å². The second-order valence-corrected chi connectivity index (χ2v) is 6.68. The average molecular weight is 329 g/mol. The predicted molar refractivity (Wildman–Crippen MR) is 98.8 cm³/mol. The van der Waals surface area contributed by atoms with E-state index in [0.29, 0.717) is 12.6 Å². The lowest BCUT2D eigenvalue weighted by Crippen LogP contribution is -2.49. The normalized spacial score (nSPS) is 20.6.